The Morgan fingerprint density at radius 1 is 1.03 bits per heavy atom. The second-order valence-corrected chi connectivity index (χ2v) is 7.17. The van der Waals surface area contributed by atoms with Gasteiger partial charge in [-0.15, -0.1) is 0 Å². The van der Waals surface area contributed by atoms with Crippen molar-refractivity contribution in [2.24, 2.45) is 0 Å². The Kier molecular flexibility index (Phi) is 6.56. The van der Waals surface area contributed by atoms with Gasteiger partial charge in [0.25, 0.3) is 0 Å². The zero-order valence-electron chi connectivity index (χ0n) is 16.1. The van der Waals surface area contributed by atoms with Gasteiger partial charge >= 0.3 is 12.4 Å². The Labute approximate surface area is 174 Å². The fourth-order valence-corrected chi connectivity index (χ4v) is 3.42. The molecule has 0 spiro atoms. The summed E-state index contributed by atoms with van der Waals surface area (Å²) < 4.78 is 83.7. The monoisotopic (exact) mass is 444 g/mol. The largest absolute Gasteiger partial charge is 0.416 e. The maximum absolute atomic E-state index is 13.0. The Morgan fingerprint density at radius 3 is 2.26 bits per heavy atom. The van der Waals surface area contributed by atoms with Crippen LogP contribution in [0, 0.1) is 0 Å². The van der Waals surface area contributed by atoms with E-state index in [4.69, 9.17) is 9.84 Å². The van der Waals surface area contributed by atoms with Gasteiger partial charge in [0.2, 0.25) is 0 Å². The molecule has 0 saturated heterocycles. The normalized spacial score (nSPS) is 16.7. The molecule has 0 aromatic heterocycles. The van der Waals surface area contributed by atoms with Gasteiger partial charge in [-0.1, -0.05) is 24.3 Å². The number of carbonyl (C=O) groups excluding carboxylic acids is 1. The molecule has 1 aliphatic carbocycles. The van der Waals surface area contributed by atoms with Crippen molar-refractivity contribution in [3.63, 3.8) is 0 Å². The van der Waals surface area contributed by atoms with E-state index in [1.165, 1.54) is 6.08 Å². The van der Waals surface area contributed by atoms with Crippen molar-refractivity contribution in [2.45, 2.75) is 37.9 Å². The molecule has 2 aromatic rings. The molecule has 1 aliphatic rings. The Balaban J connectivity index is 1.76. The first-order valence-corrected chi connectivity index (χ1v) is 9.32. The van der Waals surface area contributed by atoms with Gasteiger partial charge in [0.1, 0.15) is 6.61 Å². The zero-order chi connectivity index (χ0) is 22.8. The van der Waals surface area contributed by atoms with Crippen LogP contribution in [0.2, 0.25) is 0 Å². The molecule has 166 valence electrons. The number of aryl methyl sites for hydroxylation is 1. The van der Waals surface area contributed by atoms with Gasteiger partial charge < -0.3 is 9.84 Å². The summed E-state index contributed by atoms with van der Waals surface area (Å²) in [6.45, 7) is -0.993. The first-order chi connectivity index (χ1) is 14.5. The van der Waals surface area contributed by atoms with E-state index in [-0.39, 0.29) is 11.6 Å². The molecule has 0 fully saturated rings. The van der Waals surface area contributed by atoms with Crippen molar-refractivity contribution < 1.29 is 41.0 Å². The van der Waals surface area contributed by atoms with E-state index in [2.05, 4.69) is 0 Å². The summed E-state index contributed by atoms with van der Waals surface area (Å²) in [7, 11) is 0. The van der Waals surface area contributed by atoms with Gasteiger partial charge in [-0.25, -0.2) is 0 Å². The average molecular weight is 444 g/mol. The smallest absolute Gasteiger partial charge is 0.388 e. The van der Waals surface area contributed by atoms with Crippen molar-refractivity contribution in [3.8, 4) is 0 Å². The maximum Gasteiger partial charge on any atom is 0.416 e. The van der Waals surface area contributed by atoms with Gasteiger partial charge in [0, 0.05) is 0 Å². The highest BCUT2D eigenvalue weighted by atomic mass is 19.4. The highest BCUT2D eigenvalue weighted by molar-refractivity contribution is 5.94. The summed E-state index contributed by atoms with van der Waals surface area (Å²) in [5.41, 5.74) is -0.507. The van der Waals surface area contributed by atoms with Gasteiger partial charge in [-0.05, 0) is 59.4 Å². The number of hydrogen-bond donors (Lipinski definition) is 1. The van der Waals surface area contributed by atoms with E-state index < -0.39 is 48.6 Å². The van der Waals surface area contributed by atoms with E-state index in [0.29, 0.717) is 25.0 Å². The van der Waals surface area contributed by atoms with Crippen LogP contribution in [0.15, 0.2) is 42.5 Å². The summed E-state index contributed by atoms with van der Waals surface area (Å²) >= 11 is 0. The molecule has 1 atom stereocenters. The number of rotatable bonds is 6. The highest BCUT2D eigenvalue weighted by Gasteiger charge is 2.37. The van der Waals surface area contributed by atoms with Crippen LogP contribution in [0.25, 0.3) is 6.08 Å². The fourth-order valence-electron chi connectivity index (χ4n) is 3.42. The van der Waals surface area contributed by atoms with Crippen molar-refractivity contribution in [3.05, 3.63) is 75.9 Å². The standard InChI is InChI=1S/C22H18F6O3/c23-21(24,25)16-8-14(9-17(10-16)22(26,27)28)12-31-20-6-3-15-7-13(2-5-19(15)20)1-4-18(30)11-29/h1-2,4-5,7-10,20,29H,3,6,11-12H2/b4-1+. The number of hydrogen-bond acceptors (Lipinski definition) is 3. The second kappa shape index (κ2) is 8.84. The quantitative estimate of drug-likeness (QED) is 0.473. The topological polar surface area (TPSA) is 46.5 Å². The van der Waals surface area contributed by atoms with Crippen molar-refractivity contribution >= 4 is 11.9 Å². The molecular weight excluding hydrogens is 426 g/mol. The number of ether oxygens (including phenoxy) is 1. The number of aliphatic hydroxyl groups excluding tert-OH is 1. The number of halogens is 6. The molecule has 9 heteroatoms. The van der Waals surface area contributed by atoms with Crippen molar-refractivity contribution in [1.29, 1.82) is 0 Å². The Morgan fingerprint density at radius 2 is 1.68 bits per heavy atom. The number of fused-ring (bicyclic) bond motifs is 1. The summed E-state index contributed by atoms with van der Waals surface area (Å²) in [5, 5.41) is 8.74. The van der Waals surface area contributed by atoms with Crippen LogP contribution in [0.1, 0.15) is 45.9 Å². The van der Waals surface area contributed by atoms with E-state index in [9.17, 15) is 31.1 Å². The molecule has 3 nitrogen and oxygen atoms in total. The summed E-state index contributed by atoms with van der Waals surface area (Å²) in [5.74, 6) is -0.443. The minimum atomic E-state index is -4.91. The number of carbonyl (C=O) groups is 1. The number of aliphatic hydroxyl groups is 1. The Hall–Kier alpha value is -2.65. The van der Waals surface area contributed by atoms with Gasteiger partial charge in [0.05, 0.1) is 23.8 Å². The minimum Gasteiger partial charge on any atom is -0.388 e. The lowest BCUT2D eigenvalue weighted by Crippen LogP contribution is -2.12. The van der Waals surface area contributed by atoms with Crippen LogP contribution >= 0.6 is 0 Å². The predicted octanol–water partition coefficient (Wildman–Crippen LogP) is 5.50. The van der Waals surface area contributed by atoms with Gasteiger partial charge in [0.15, 0.2) is 5.78 Å². The summed E-state index contributed by atoms with van der Waals surface area (Å²) in [6.07, 6.45) is -6.33. The number of benzene rings is 2. The van der Waals surface area contributed by atoms with Crippen LogP contribution in [-0.4, -0.2) is 17.5 Å². The second-order valence-electron chi connectivity index (χ2n) is 7.17. The average Bonchev–Trinajstić information content (AvgIpc) is 3.11. The first-order valence-electron chi connectivity index (χ1n) is 9.32. The summed E-state index contributed by atoms with van der Waals surface area (Å²) in [4.78, 5) is 11.2. The van der Waals surface area contributed by atoms with E-state index in [0.717, 1.165) is 16.7 Å². The van der Waals surface area contributed by atoms with E-state index >= 15 is 0 Å². The molecule has 0 saturated carbocycles. The predicted molar refractivity (Wildman–Crippen MR) is 99.9 cm³/mol. The van der Waals surface area contributed by atoms with Gasteiger partial charge in [-0.2, -0.15) is 26.3 Å². The number of ketones is 1. The lowest BCUT2D eigenvalue weighted by molar-refractivity contribution is -0.143. The third-order valence-electron chi connectivity index (χ3n) is 4.91. The molecule has 0 aliphatic heterocycles. The minimum absolute atomic E-state index is 0.0882. The lowest BCUT2D eigenvalue weighted by Gasteiger charge is -2.17. The molecule has 1 N–H and O–H groups in total. The highest BCUT2D eigenvalue weighted by Crippen LogP contribution is 2.38. The molecule has 0 amide bonds. The van der Waals surface area contributed by atoms with Crippen LogP contribution in [0.4, 0.5) is 26.3 Å². The molecule has 1 unspecified atom stereocenters. The molecule has 0 heterocycles. The third-order valence-corrected chi connectivity index (χ3v) is 4.91. The van der Waals surface area contributed by atoms with Crippen LogP contribution in [0.5, 0.6) is 0 Å². The molecule has 0 radical (unpaired) electrons. The van der Waals surface area contributed by atoms with Crippen molar-refractivity contribution in [1.82, 2.24) is 0 Å². The van der Waals surface area contributed by atoms with Crippen LogP contribution in [0.3, 0.4) is 0 Å². The third kappa shape index (κ3) is 5.74. The molecule has 31 heavy (non-hydrogen) atoms. The van der Waals surface area contributed by atoms with Gasteiger partial charge in [-0.3, -0.25) is 4.79 Å². The number of alkyl halides is 6. The Bertz CT molecular complexity index is 959. The maximum atomic E-state index is 13.0. The van der Waals surface area contributed by atoms with Crippen LogP contribution < -0.4 is 0 Å². The molecule has 2 aromatic carbocycles. The molecule has 3 rings (SSSR count). The fraction of sp³-hybridized carbons (Fsp3) is 0.318. The molecular formula is C22H18F6O3. The van der Waals surface area contributed by atoms with E-state index in [1.54, 1.807) is 18.2 Å². The van der Waals surface area contributed by atoms with Crippen molar-refractivity contribution in [2.75, 3.05) is 6.61 Å². The molecule has 0 bridgehead atoms. The first kappa shape index (κ1) is 23.0. The zero-order valence-corrected chi connectivity index (χ0v) is 16.1. The summed E-state index contributed by atoms with van der Waals surface area (Å²) in [6, 6.07) is 6.71. The lowest BCUT2D eigenvalue weighted by atomic mass is 10.0. The van der Waals surface area contributed by atoms with E-state index in [1.807, 2.05) is 6.07 Å². The SMILES string of the molecule is O=C(/C=C/c1ccc2c(c1)CCC2OCc1cc(C(F)(F)F)cc(C(F)(F)F)c1)CO. The van der Waals surface area contributed by atoms with Crippen LogP contribution in [-0.2, 0) is 34.9 Å².